The molecule has 6 aromatic rings. The van der Waals surface area contributed by atoms with Gasteiger partial charge in [-0.3, -0.25) is 48.9 Å². The van der Waals surface area contributed by atoms with Crippen LogP contribution < -0.4 is 16.4 Å². The zero-order valence-electron chi connectivity index (χ0n) is 43.0. The molecule has 400 valence electrons. The highest BCUT2D eigenvalue weighted by Crippen LogP contribution is 2.55. The van der Waals surface area contributed by atoms with E-state index in [4.69, 9.17) is 38.9 Å². The SMILES string of the molecule is CO[C@@H]1[C@H](N(C)C(=O)CCOCCOCCOCCOCCOCCNc2cccc3c2C(=O)N(C2CCC(=O)N(C)C2=O)C3=O)C[C@@]2(N)O[C@]1(C)n1c3ccccc3c3c4c(c5c6ccccc6n2c5c31)C(=O)NC4. The van der Waals surface area contributed by atoms with Crippen molar-refractivity contribution in [3.05, 3.63) is 89.0 Å². The number of carbonyl (C=O) groups is 6. The van der Waals surface area contributed by atoms with Crippen LogP contribution >= 0.6 is 0 Å². The van der Waals surface area contributed by atoms with Gasteiger partial charge >= 0.3 is 0 Å². The second-order valence-corrected chi connectivity index (χ2v) is 19.9. The van der Waals surface area contributed by atoms with Gasteiger partial charge in [-0.05, 0) is 43.2 Å². The molecule has 0 radical (unpaired) electrons. The van der Waals surface area contributed by atoms with E-state index in [1.165, 1.54) is 7.05 Å². The van der Waals surface area contributed by atoms with Gasteiger partial charge in [0.15, 0.2) is 5.72 Å². The molecule has 11 rings (SSSR count). The number of likely N-dealkylation sites (tertiary alicyclic amines) is 1. The van der Waals surface area contributed by atoms with E-state index in [0.717, 1.165) is 59.0 Å². The lowest BCUT2D eigenvalue weighted by molar-refractivity contribution is -0.311. The van der Waals surface area contributed by atoms with E-state index >= 15 is 0 Å². The molecule has 5 atom stereocenters. The van der Waals surface area contributed by atoms with Crippen LogP contribution in [0.3, 0.4) is 0 Å². The highest BCUT2D eigenvalue weighted by Gasteiger charge is 2.59. The molecule has 6 amide bonds. The molecule has 2 fully saturated rings. The van der Waals surface area contributed by atoms with Crippen molar-refractivity contribution < 1.29 is 61.9 Å². The minimum atomic E-state index is -1.46. The van der Waals surface area contributed by atoms with Gasteiger partial charge < -0.3 is 53.3 Å². The van der Waals surface area contributed by atoms with Crippen LogP contribution in [0, 0.1) is 0 Å². The summed E-state index contributed by atoms with van der Waals surface area (Å²) in [6, 6.07) is 19.5. The third-order valence-corrected chi connectivity index (χ3v) is 15.6. The number of hydrogen-bond donors (Lipinski definition) is 3. The van der Waals surface area contributed by atoms with Gasteiger partial charge in [-0.1, -0.05) is 42.5 Å². The fraction of sp³-hybridized carbons (Fsp3) is 0.455. The Bertz CT molecular complexity index is 3340. The number of rotatable bonds is 22. The van der Waals surface area contributed by atoms with E-state index in [1.54, 1.807) is 37.3 Å². The van der Waals surface area contributed by atoms with Crippen molar-refractivity contribution in [3.8, 4) is 0 Å². The van der Waals surface area contributed by atoms with Crippen LogP contribution in [0.4, 0.5) is 5.69 Å². The molecule has 5 aliphatic rings. The topological polar surface area (TPSA) is 237 Å². The number of imide groups is 2. The summed E-state index contributed by atoms with van der Waals surface area (Å²) in [4.78, 5) is 82.8. The van der Waals surface area contributed by atoms with Crippen molar-refractivity contribution >= 4 is 84.7 Å². The first-order valence-corrected chi connectivity index (χ1v) is 25.8. The first-order chi connectivity index (χ1) is 36.8. The van der Waals surface area contributed by atoms with Crippen molar-refractivity contribution in [1.82, 2.24) is 29.2 Å². The zero-order chi connectivity index (χ0) is 53.0. The van der Waals surface area contributed by atoms with E-state index < -0.39 is 47.5 Å². The number of nitrogens with one attached hydrogen (secondary N) is 2. The van der Waals surface area contributed by atoms with Crippen LogP contribution in [0.15, 0.2) is 66.7 Å². The number of para-hydroxylation sites is 2. The molecule has 4 aromatic carbocycles. The summed E-state index contributed by atoms with van der Waals surface area (Å²) >= 11 is 0. The van der Waals surface area contributed by atoms with Gasteiger partial charge in [0.05, 0.1) is 117 Å². The quantitative estimate of drug-likeness (QED) is 0.0644. The molecule has 0 saturated carbocycles. The number of hydrogen-bond acceptors (Lipinski definition) is 15. The Labute approximate surface area is 437 Å². The summed E-state index contributed by atoms with van der Waals surface area (Å²) in [6.45, 7) is 5.98. The van der Waals surface area contributed by atoms with Crippen LogP contribution in [0.1, 0.15) is 69.2 Å². The molecule has 5 aliphatic heterocycles. The molecule has 2 bridgehead atoms. The van der Waals surface area contributed by atoms with E-state index in [1.807, 2.05) is 47.9 Å². The molecule has 2 aromatic heterocycles. The lowest BCUT2D eigenvalue weighted by Crippen LogP contribution is -2.68. The van der Waals surface area contributed by atoms with E-state index in [2.05, 4.69) is 27.3 Å². The fourth-order valence-corrected chi connectivity index (χ4v) is 12.2. The van der Waals surface area contributed by atoms with Crippen molar-refractivity contribution in [3.63, 3.8) is 0 Å². The van der Waals surface area contributed by atoms with Crippen molar-refractivity contribution in [1.29, 1.82) is 0 Å². The Kier molecular flexibility index (Phi) is 13.9. The third kappa shape index (κ3) is 8.40. The Morgan fingerprint density at radius 3 is 2.05 bits per heavy atom. The van der Waals surface area contributed by atoms with E-state index in [0.29, 0.717) is 83.8 Å². The number of fused-ring (bicyclic) bond motifs is 14. The fourth-order valence-electron chi connectivity index (χ4n) is 12.2. The smallest absolute Gasteiger partial charge is 0.264 e. The number of nitrogens with two attached hydrogens (primary N) is 1. The van der Waals surface area contributed by atoms with E-state index in [9.17, 15) is 28.8 Å². The summed E-state index contributed by atoms with van der Waals surface area (Å²) in [5, 5.41) is 9.94. The van der Waals surface area contributed by atoms with Crippen molar-refractivity contribution in [2.75, 3.05) is 99.1 Å². The molecule has 21 heteroatoms. The standard InChI is InChI=1S/C55H62N8O13/c1-54-49(70-4)40(30-55(56,76-54)63-38-15-8-6-11-33(38)45-46-35(31-58-50(46)66)43-32-10-5-7-14-37(32)62(54)47(43)48(45)63)59(2)42(65)18-20-71-22-24-73-26-28-75-29-27-74-25-23-72-21-19-57-36-13-9-12-34-44(36)53(69)61(51(34)67)39-16-17-41(64)60(3)52(39)68/h5-15,39-40,49,57H,16-31,56H2,1-4H3,(H,58,66)/t39?,40-,49-,54+,55+/m1/s1. The first kappa shape index (κ1) is 51.3. The number of likely N-dealkylation sites (N-methyl/N-ethyl adjacent to an activating group) is 2. The number of nitrogens with zero attached hydrogens (tertiary/aromatic N) is 5. The van der Waals surface area contributed by atoms with Gasteiger partial charge in [-0.2, -0.15) is 0 Å². The number of anilines is 1. The Hall–Kier alpha value is -6.82. The third-order valence-electron chi connectivity index (χ3n) is 15.6. The highest BCUT2D eigenvalue weighted by molar-refractivity contribution is 6.31. The van der Waals surface area contributed by atoms with Crippen LogP contribution in [0.2, 0.25) is 0 Å². The van der Waals surface area contributed by atoms with Crippen LogP contribution in [0.5, 0.6) is 0 Å². The summed E-state index contributed by atoms with van der Waals surface area (Å²) in [6.07, 6.45) is -0.162. The minimum absolute atomic E-state index is 0.0745. The number of piperidine rings is 1. The molecular formula is C55H62N8O13. The lowest BCUT2D eigenvalue weighted by atomic mass is 9.89. The summed E-state index contributed by atoms with van der Waals surface area (Å²) in [5.74, 6) is -3.75. The molecule has 0 spiro atoms. The number of benzene rings is 4. The molecule has 7 heterocycles. The van der Waals surface area contributed by atoms with Crippen LogP contribution in [0.25, 0.3) is 43.6 Å². The highest BCUT2D eigenvalue weighted by atomic mass is 16.6. The van der Waals surface area contributed by atoms with Gasteiger partial charge in [0.2, 0.25) is 17.7 Å². The summed E-state index contributed by atoms with van der Waals surface area (Å²) in [5.41, 5.74) is 12.3. The predicted octanol–water partition coefficient (Wildman–Crippen LogP) is 3.99. The molecule has 1 unspecified atom stereocenters. The maximum absolute atomic E-state index is 14.1. The first-order valence-electron chi connectivity index (χ1n) is 25.8. The molecule has 76 heavy (non-hydrogen) atoms. The Balaban J connectivity index is 0.604. The number of carbonyl (C=O) groups excluding carboxylic acids is 6. The molecule has 0 aliphatic carbocycles. The normalized spacial score (nSPS) is 22.9. The van der Waals surface area contributed by atoms with Crippen LogP contribution in [-0.2, 0) is 65.7 Å². The van der Waals surface area contributed by atoms with Crippen molar-refractivity contribution in [2.24, 2.45) is 5.73 Å². The predicted molar refractivity (Wildman–Crippen MR) is 277 cm³/mol. The van der Waals surface area contributed by atoms with Crippen molar-refractivity contribution in [2.45, 2.75) is 68.9 Å². The minimum Gasteiger partial charge on any atom is -0.382 e. The summed E-state index contributed by atoms with van der Waals surface area (Å²) < 4.78 is 46.3. The number of methoxy groups -OCH3 is 1. The van der Waals surface area contributed by atoms with Gasteiger partial charge in [0.1, 0.15) is 12.1 Å². The molecule has 21 nitrogen and oxygen atoms in total. The zero-order valence-corrected chi connectivity index (χ0v) is 43.0. The van der Waals surface area contributed by atoms with Gasteiger partial charge in [-0.25, -0.2) is 0 Å². The number of aromatic nitrogens is 2. The molecule has 2 saturated heterocycles. The van der Waals surface area contributed by atoms with Gasteiger partial charge in [0, 0.05) is 74.4 Å². The second-order valence-electron chi connectivity index (χ2n) is 19.9. The maximum Gasteiger partial charge on any atom is 0.264 e. The number of amides is 6. The summed E-state index contributed by atoms with van der Waals surface area (Å²) in [7, 11) is 4.78. The second kappa shape index (κ2) is 20.6. The average molecular weight is 1040 g/mol. The number of ether oxygens (including phenoxy) is 7. The van der Waals surface area contributed by atoms with Crippen LogP contribution in [-0.4, -0.2) is 171 Å². The monoisotopic (exact) mass is 1040 g/mol. The van der Waals surface area contributed by atoms with E-state index in [-0.39, 0.29) is 61.1 Å². The molecular weight excluding hydrogens is 981 g/mol. The van der Waals surface area contributed by atoms with Gasteiger partial charge in [-0.15, -0.1) is 0 Å². The maximum atomic E-state index is 14.1. The van der Waals surface area contributed by atoms with Gasteiger partial charge in [0.25, 0.3) is 23.6 Å². The lowest BCUT2D eigenvalue weighted by Gasteiger charge is -2.54. The average Bonchev–Trinajstić information content (AvgIpc) is 4.31. The Morgan fingerprint density at radius 2 is 1.38 bits per heavy atom. The Morgan fingerprint density at radius 1 is 0.776 bits per heavy atom. The molecule has 4 N–H and O–H groups in total. The largest absolute Gasteiger partial charge is 0.382 e.